The zero-order valence-corrected chi connectivity index (χ0v) is 15.0. The summed E-state index contributed by atoms with van der Waals surface area (Å²) in [5.41, 5.74) is 0.469. The third kappa shape index (κ3) is 4.83. The molecule has 0 atom stereocenters. The molecule has 2 N–H and O–H groups in total. The average molecular weight is 401 g/mol. The van der Waals surface area contributed by atoms with Gasteiger partial charge in [-0.2, -0.15) is 8.78 Å². The van der Waals surface area contributed by atoms with E-state index < -0.39 is 22.5 Å². The molecule has 1 heterocycles. The van der Waals surface area contributed by atoms with E-state index in [9.17, 15) is 21.6 Å². The van der Waals surface area contributed by atoms with Crippen molar-refractivity contribution >= 4 is 21.4 Å². The van der Waals surface area contributed by atoms with Crippen LogP contribution < -0.4 is 19.7 Å². The summed E-state index contributed by atoms with van der Waals surface area (Å²) in [6.07, 6.45) is 0. The van der Waals surface area contributed by atoms with E-state index in [-0.39, 0.29) is 16.3 Å². The van der Waals surface area contributed by atoms with Crippen LogP contribution in [0.1, 0.15) is 0 Å². The predicted octanol–water partition coefficient (Wildman–Crippen LogP) is 2.64. The van der Waals surface area contributed by atoms with E-state index >= 15 is 0 Å². The monoisotopic (exact) mass is 401 g/mol. The quantitative estimate of drug-likeness (QED) is 0.779. The van der Waals surface area contributed by atoms with Crippen molar-refractivity contribution in [2.45, 2.75) is 11.5 Å². The van der Waals surface area contributed by atoms with Gasteiger partial charge >= 0.3 is 6.61 Å². The van der Waals surface area contributed by atoms with Crippen molar-refractivity contribution in [1.82, 2.24) is 5.32 Å². The normalized spacial score (nSPS) is 15.0. The third-order valence-corrected chi connectivity index (χ3v) is 5.38. The molecule has 3 rings (SSSR count). The van der Waals surface area contributed by atoms with Crippen LogP contribution >= 0.6 is 0 Å². The molecule has 0 radical (unpaired) electrons. The van der Waals surface area contributed by atoms with E-state index in [4.69, 9.17) is 0 Å². The van der Waals surface area contributed by atoms with Gasteiger partial charge in [-0.15, -0.1) is 0 Å². The van der Waals surface area contributed by atoms with Crippen LogP contribution in [0.5, 0.6) is 5.75 Å². The Balaban J connectivity index is 1.83. The number of ether oxygens (including phenoxy) is 1. The van der Waals surface area contributed by atoms with E-state index in [1.54, 1.807) is 0 Å². The lowest BCUT2D eigenvalue weighted by Gasteiger charge is -2.30. The smallest absolute Gasteiger partial charge is 0.387 e. The number of anilines is 2. The maximum absolute atomic E-state index is 14.2. The topological polar surface area (TPSA) is 70.7 Å². The van der Waals surface area contributed by atoms with Crippen LogP contribution in [0.2, 0.25) is 0 Å². The molecule has 0 spiro atoms. The minimum atomic E-state index is -4.06. The van der Waals surface area contributed by atoms with Crippen molar-refractivity contribution in [2.75, 3.05) is 35.8 Å². The number of rotatable bonds is 6. The summed E-state index contributed by atoms with van der Waals surface area (Å²) in [5.74, 6) is -0.722. The second kappa shape index (κ2) is 8.05. The molecule has 146 valence electrons. The van der Waals surface area contributed by atoms with Gasteiger partial charge in [-0.25, -0.2) is 12.8 Å². The highest BCUT2D eigenvalue weighted by atomic mass is 32.2. The van der Waals surface area contributed by atoms with Gasteiger partial charge in [-0.05, 0) is 30.3 Å². The molecule has 10 heteroatoms. The number of nitrogens with one attached hydrogen (secondary N) is 2. The van der Waals surface area contributed by atoms with E-state index in [2.05, 4.69) is 14.8 Å². The van der Waals surface area contributed by atoms with Crippen molar-refractivity contribution in [1.29, 1.82) is 0 Å². The summed E-state index contributed by atoms with van der Waals surface area (Å²) >= 11 is 0. The predicted molar refractivity (Wildman–Crippen MR) is 95.4 cm³/mol. The SMILES string of the molecule is O=S(=O)(Nc1ccc(F)c(N2CCNCC2)c1)c1cccc(OC(F)F)c1. The molecule has 0 amide bonds. The Morgan fingerprint density at radius 2 is 1.85 bits per heavy atom. The molecule has 0 bridgehead atoms. The highest BCUT2D eigenvalue weighted by Gasteiger charge is 2.19. The Hall–Kier alpha value is -2.46. The number of alkyl halides is 2. The molecule has 1 fully saturated rings. The number of hydrogen-bond donors (Lipinski definition) is 2. The molecule has 2 aromatic carbocycles. The minimum Gasteiger partial charge on any atom is -0.435 e. The molecular weight excluding hydrogens is 383 g/mol. The second-order valence-electron chi connectivity index (χ2n) is 5.86. The number of benzene rings is 2. The highest BCUT2D eigenvalue weighted by molar-refractivity contribution is 7.92. The molecular formula is C17H18F3N3O3S. The Morgan fingerprint density at radius 3 is 2.56 bits per heavy atom. The van der Waals surface area contributed by atoms with Crippen molar-refractivity contribution in [3.8, 4) is 5.75 Å². The number of hydrogen-bond acceptors (Lipinski definition) is 5. The van der Waals surface area contributed by atoms with Gasteiger partial charge in [-0.1, -0.05) is 6.07 Å². The largest absolute Gasteiger partial charge is 0.435 e. The lowest BCUT2D eigenvalue weighted by molar-refractivity contribution is -0.0499. The van der Waals surface area contributed by atoms with Gasteiger partial charge < -0.3 is 15.0 Å². The number of halogens is 3. The van der Waals surface area contributed by atoms with Crippen molar-refractivity contribution < 1.29 is 26.3 Å². The first kappa shape index (κ1) is 19.3. The van der Waals surface area contributed by atoms with E-state index in [1.807, 2.05) is 4.90 Å². The van der Waals surface area contributed by atoms with E-state index in [0.29, 0.717) is 31.9 Å². The fourth-order valence-corrected chi connectivity index (χ4v) is 3.84. The second-order valence-corrected chi connectivity index (χ2v) is 7.54. The summed E-state index contributed by atoms with van der Waals surface area (Å²) in [4.78, 5) is 1.58. The number of nitrogens with zero attached hydrogens (tertiary/aromatic N) is 1. The van der Waals surface area contributed by atoms with Crippen LogP contribution in [-0.2, 0) is 10.0 Å². The fraction of sp³-hybridized carbons (Fsp3) is 0.294. The zero-order chi connectivity index (χ0) is 19.4. The molecule has 0 aliphatic carbocycles. The zero-order valence-electron chi connectivity index (χ0n) is 14.2. The minimum absolute atomic E-state index is 0.171. The molecule has 0 saturated carbocycles. The van der Waals surface area contributed by atoms with Crippen molar-refractivity contribution in [2.24, 2.45) is 0 Å². The summed E-state index contributed by atoms with van der Waals surface area (Å²) in [7, 11) is -4.06. The van der Waals surface area contributed by atoms with Crippen molar-refractivity contribution in [3.05, 3.63) is 48.3 Å². The molecule has 27 heavy (non-hydrogen) atoms. The molecule has 1 saturated heterocycles. The first-order chi connectivity index (χ1) is 12.8. The van der Waals surface area contributed by atoms with Gasteiger partial charge in [-0.3, -0.25) is 4.72 Å². The summed E-state index contributed by atoms with van der Waals surface area (Å²) in [6.45, 7) is -0.464. The third-order valence-electron chi connectivity index (χ3n) is 4.00. The Bertz CT molecular complexity index is 903. The Kier molecular flexibility index (Phi) is 5.76. The van der Waals surface area contributed by atoms with Gasteiger partial charge in [0.15, 0.2) is 0 Å². The van der Waals surface area contributed by atoms with Crippen LogP contribution in [0.25, 0.3) is 0 Å². The van der Waals surface area contributed by atoms with Crippen LogP contribution in [0.4, 0.5) is 24.5 Å². The summed E-state index contributed by atoms with van der Waals surface area (Å²) in [6, 6.07) is 8.67. The van der Waals surface area contributed by atoms with E-state index in [0.717, 1.165) is 6.07 Å². The fourth-order valence-electron chi connectivity index (χ4n) is 2.76. The molecule has 1 aliphatic heterocycles. The average Bonchev–Trinajstić information content (AvgIpc) is 2.63. The first-order valence-electron chi connectivity index (χ1n) is 8.18. The lowest BCUT2D eigenvalue weighted by atomic mass is 10.2. The standard InChI is InChI=1S/C17H18F3N3O3S/c18-15-5-4-12(10-16(15)23-8-6-21-7-9-23)22-27(24,25)14-3-1-2-13(11-14)26-17(19)20/h1-5,10-11,17,21-22H,6-9H2. The number of piperazine rings is 1. The van der Waals surface area contributed by atoms with Crippen LogP contribution in [0, 0.1) is 5.82 Å². The lowest BCUT2D eigenvalue weighted by Crippen LogP contribution is -2.43. The van der Waals surface area contributed by atoms with Gasteiger partial charge in [0.25, 0.3) is 10.0 Å². The van der Waals surface area contributed by atoms with Gasteiger partial charge in [0, 0.05) is 32.2 Å². The molecule has 1 aliphatic rings. The van der Waals surface area contributed by atoms with Crippen LogP contribution in [0.3, 0.4) is 0 Å². The van der Waals surface area contributed by atoms with Gasteiger partial charge in [0.05, 0.1) is 16.3 Å². The Morgan fingerprint density at radius 1 is 1.11 bits per heavy atom. The van der Waals surface area contributed by atoms with Gasteiger partial charge in [0.1, 0.15) is 11.6 Å². The highest BCUT2D eigenvalue weighted by Crippen LogP contribution is 2.27. The van der Waals surface area contributed by atoms with Crippen LogP contribution in [0.15, 0.2) is 47.4 Å². The summed E-state index contributed by atoms with van der Waals surface area (Å²) in [5, 5.41) is 3.16. The molecule has 0 unspecified atom stereocenters. The molecule has 6 nitrogen and oxygen atoms in total. The molecule has 0 aromatic heterocycles. The molecule has 2 aromatic rings. The van der Waals surface area contributed by atoms with Gasteiger partial charge in [0.2, 0.25) is 0 Å². The van der Waals surface area contributed by atoms with Crippen LogP contribution in [-0.4, -0.2) is 41.2 Å². The van der Waals surface area contributed by atoms with E-state index in [1.165, 1.54) is 36.4 Å². The first-order valence-corrected chi connectivity index (χ1v) is 9.66. The Labute approximate surface area is 155 Å². The summed E-state index contributed by atoms with van der Waals surface area (Å²) < 4.78 is 70.5. The maximum Gasteiger partial charge on any atom is 0.387 e. The maximum atomic E-state index is 14.2. The van der Waals surface area contributed by atoms with Crippen molar-refractivity contribution in [3.63, 3.8) is 0 Å². The number of sulfonamides is 1.